The molecule has 0 aromatic heterocycles. The van der Waals surface area contributed by atoms with Gasteiger partial charge < -0.3 is 5.11 Å². The van der Waals surface area contributed by atoms with E-state index in [1.54, 1.807) is 19.1 Å². The highest BCUT2D eigenvalue weighted by Gasteiger charge is 2.34. The molecule has 1 unspecified atom stereocenters. The molecule has 0 saturated heterocycles. The van der Waals surface area contributed by atoms with Crippen molar-refractivity contribution >= 4 is 5.78 Å². The van der Waals surface area contributed by atoms with Crippen LogP contribution in [0.3, 0.4) is 0 Å². The van der Waals surface area contributed by atoms with Crippen LogP contribution in [0.2, 0.25) is 0 Å². The Morgan fingerprint density at radius 3 is 2.00 bits per heavy atom. The molecule has 0 bridgehead atoms. The monoisotopic (exact) mass is 268 g/mol. The Morgan fingerprint density at radius 1 is 1.00 bits per heavy atom. The Balaban J connectivity index is 2.52. The minimum atomic E-state index is -1.51. The second-order valence-corrected chi connectivity index (χ2v) is 5.54. The molecular formula is C18H20O2. The number of aryl methyl sites for hydroxylation is 3. The SMILES string of the molecule is Cc1cc(C)c(C(=O)C(C)(O)c2ccccc2)c(C)c1. The summed E-state index contributed by atoms with van der Waals surface area (Å²) < 4.78 is 0. The number of aliphatic hydroxyl groups is 1. The van der Waals surface area contributed by atoms with Crippen molar-refractivity contribution in [1.29, 1.82) is 0 Å². The quantitative estimate of drug-likeness (QED) is 0.862. The van der Waals surface area contributed by atoms with Gasteiger partial charge in [-0.05, 0) is 44.4 Å². The molecule has 0 amide bonds. The molecule has 2 aromatic carbocycles. The fourth-order valence-corrected chi connectivity index (χ4v) is 2.68. The van der Waals surface area contributed by atoms with E-state index in [2.05, 4.69) is 0 Å². The molecule has 0 spiro atoms. The van der Waals surface area contributed by atoms with E-state index >= 15 is 0 Å². The van der Waals surface area contributed by atoms with Gasteiger partial charge in [0.25, 0.3) is 0 Å². The highest BCUT2D eigenvalue weighted by molar-refractivity contribution is 6.04. The predicted molar refractivity (Wildman–Crippen MR) is 81.0 cm³/mol. The molecule has 1 N–H and O–H groups in total. The van der Waals surface area contributed by atoms with E-state index in [9.17, 15) is 9.90 Å². The zero-order valence-electron chi connectivity index (χ0n) is 12.4. The normalized spacial score (nSPS) is 13.8. The lowest BCUT2D eigenvalue weighted by Crippen LogP contribution is -2.33. The Labute approximate surface area is 120 Å². The Morgan fingerprint density at radius 2 is 1.50 bits per heavy atom. The van der Waals surface area contributed by atoms with Gasteiger partial charge in [0.1, 0.15) is 5.60 Å². The van der Waals surface area contributed by atoms with Gasteiger partial charge >= 0.3 is 0 Å². The molecule has 2 heteroatoms. The van der Waals surface area contributed by atoms with Gasteiger partial charge in [0, 0.05) is 5.56 Å². The molecule has 1 atom stereocenters. The van der Waals surface area contributed by atoms with E-state index in [0.29, 0.717) is 11.1 Å². The Kier molecular flexibility index (Phi) is 3.78. The second kappa shape index (κ2) is 5.22. The van der Waals surface area contributed by atoms with Gasteiger partial charge in [-0.1, -0.05) is 48.0 Å². The summed E-state index contributed by atoms with van der Waals surface area (Å²) in [5.74, 6) is -0.251. The molecule has 0 aliphatic carbocycles. The van der Waals surface area contributed by atoms with Crippen LogP contribution in [0.5, 0.6) is 0 Å². The summed E-state index contributed by atoms with van der Waals surface area (Å²) in [7, 11) is 0. The number of rotatable bonds is 3. The van der Waals surface area contributed by atoms with Crippen LogP contribution in [-0.2, 0) is 5.60 Å². The van der Waals surface area contributed by atoms with Crippen LogP contribution in [-0.4, -0.2) is 10.9 Å². The molecule has 0 aliphatic rings. The minimum Gasteiger partial charge on any atom is -0.377 e. The van der Waals surface area contributed by atoms with Crippen molar-refractivity contribution in [3.8, 4) is 0 Å². The van der Waals surface area contributed by atoms with Crippen molar-refractivity contribution in [3.05, 3.63) is 70.3 Å². The van der Waals surface area contributed by atoms with E-state index in [0.717, 1.165) is 16.7 Å². The number of carbonyl (C=O) groups excluding carboxylic acids is 1. The molecular weight excluding hydrogens is 248 g/mol. The van der Waals surface area contributed by atoms with E-state index < -0.39 is 5.60 Å². The molecule has 0 fully saturated rings. The van der Waals surface area contributed by atoms with E-state index in [1.807, 2.05) is 51.1 Å². The van der Waals surface area contributed by atoms with Crippen LogP contribution < -0.4 is 0 Å². The standard InChI is InChI=1S/C18H20O2/c1-12-10-13(2)16(14(3)11-12)17(19)18(4,20)15-8-6-5-7-9-15/h5-11,20H,1-4H3. The minimum absolute atomic E-state index is 0.251. The maximum atomic E-state index is 12.8. The third-order valence-electron chi connectivity index (χ3n) is 3.68. The summed E-state index contributed by atoms with van der Waals surface area (Å²) in [4.78, 5) is 12.8. The summed E-state index contributed by atoms with van der Waals surface area (Å²) in [5.41, 5.74) is 2.66. The first-order valence-electron chi connectivity index (χ1n) is 6.74. The number of benzene rings is 2. The summed E-state index contributed by atoms with van der Waals surface area (Å²) >= 11 is 0. The van der Waals surface area contributed by atoms with Crippen molar-refractivity contribution in [1.82, 2.24) is 0 Å². The van der Waals surface area contributed by atoms with Crippen LogP contribution in [0.25, 0.3) is 0 Å². The number of hydrogen-bond donors (Lipinski definition) is 1. The fraction of sp³-hybridized carbons (Fsp3) is 0.278. The van der Waals surface area contributed by atoms with Gasteiger partial charge in [0.2, 0.25) is 0 Å². The van der Waals surface area contributed by atoms with Crippen molar-refractivity contribution in [3.63, 3.8) is 0 Å². The average Bonchev–Trinajstić information content (AvgIpc) is 2.38. The molecule has 0 radical (unpaired) electrons. The third kappa shape index (κ3) is 2.52. The molecule has 104 valence electrons. The molecule has 0 heterocycles. The first-order valence-corrected chi connectivity index (χ1v) is 6.74. The van der Waals surface area contributed by atoms with E-state index in [-0.39, 0.29) is 5.78 Å². The average molecular weight is 268 g/mol. The number of hydrogen-bond acceptors (Lipinski definition) is 2. The van der Waals surface area contributed by atoms with Gasteiger partial charge in [-0.25, -0.2) is 0 Å². The summed E-state index contributed by atoms with van der Waals surface area (Å²) in [6.45, 7) is 7.38. The lowest BCUT2D eigenvalue weighted by molar-refractivity contribution is 0.0391. The van der Waals surface area contributed by atoms with E-state index in [4.69, 9.17) is 0 Å². The molecule has 2 aromatic rings. The van der Waals surface area contributed by atoms with Gasteiger partial charge in [0.05, 0.1) is 0 Å². The maximum absolute atomic E-state index is 12.8. The van der Waals surface area contributed by atoms with Crippen molar-refractivity contribution in [2.75, 3.05) is 0 Å². The largest absolute Gasteiger partial charge is 0.377 e. The molecule has 0 saturated carbocycles. The van der Waals surface area contributed by atoms with Gasteiger partial charge in [-0.15, -0.1) is 0 Å². The fourth-order valence-electron chi connectivity index (χ4n) is 2.68. The zero-order chi connectivity index (χ0) is 14.9. The second-order valence-electron chi connectivity index (χ2n) is 5.54. The third-order valence-corrected chi connectivity index (χ3v) is 3.68. The topological polar surface area (TPSA) is 37.3 Å². The van der Waals surface area contributed by atoms with Crippen LogP contribution in [0.1, 0.15) is 39.5 Å². The molecule has 2 nitrogen and oxygen atoms in total. The summed E-state index contributed by atoms with van der Waals surface area (Å²) in [6.07, 6.45) is 0. The highest BCUT2D eigenvalue weighted by atomic mass is 16.3. The smallest absolute Gasteiger partial charge is 0.199 e. The van der Waals surface area contributed by atoms with Crippen molar-refractivity contribution in [2.45, 2.75) is 33.3 Å². The zero-order valence-corrected chi connectivity index (χ0v) is 12.4. The van der Waals surface area contributed by atoms with Gasteiger partial charge in [0.15, 0.2) is 5.78 Å². The van der Waals surface area contributed by atoms with Crippen LogP contribution >= 0.6 is 0 Å². The van der Waals surface area contributed by atoms with Gasteiger partial charge in [-0.3, -0.25) is 4.79 Å². The highest BCUT2D eigenvalue weighted by Crippen LogP contribution is 2.28. The first kappa shape index (κ1) is 14.5. The lowest BCUT2D eigenvalue weighted by atomic mass is 9.84. The Hall–Kier alpha value is -1.93. The van der Waals surface area contributed by atoms with E-state index in [1.165, 1.54) is 0 Å². The van der Waals surface area contributed by atoms with Gasteiger partial charge in [-0.2, -0.15) is 0 Å². The van der Waals surface area contributed by atoms with Crippen molar-refractivity contribution < 1.29 is 9.90 Å². The summed E-state index contributed by atoms with van der Waals surface area (Å²) in [5, 5.41) is 10.7. The van der Waals surface area contributed by atoms with Crippen molar-refractivity contribution in [2.24, 2.45) is 0 Å². The van der Waals surface area contributed by atoms with Crippen LogP contribution in [0, 0.1) is 20.8 Å². The van der Waals surface area contributed by atoms with Crippen LogP contribution in [0.15, 0.2) is 42.5 Å². The summed E-state index contributed by atoms with van der Waals surface area (Å²) in [6, 6.07) is 13.0. The van der Waals surface area contributed by atoms with Crippen LogP contribution in [0.4, 0.5) is 0 Å². The maximum Gasteiger partial charge on any atom is 0.199 e. The number of Topliss-reactive ketones (excluding diaryl/α,β-unsaturated/α-hetero) is 1. The first-order chi connectivity index (χ1) is 9.34. The number of carbonyl (C=O) groups is 1. The molecule has 0 aliphatic heterocycles. The molecule has 2 rings (SSSR count). The number of ketones is 1. The lowest BCUT2D eigenvalue weighted by Gasteiger charge is -2.24. The molecule has 20 heavy (non-hydrogen) atoms. The Bertz CT molecular complexity index is 617. The predicted octanol–water partition coefficient (Wildman–Crippen LogP) is 3.70.